The average Bonchev–Trinajstić information content (AvgIpc) is 2.31. The first-order valence-corrected chi connectivity index (χ1v) is 9.44. The van der Waals surface area contributed by atoms with Crippen LogP contribution in [0.2, 0.25) is 0 Å². The molecule has 0 spiro atoms. The van der Waals surface area contributed by atoms with Crippen molar-refractivity contribution in [2.45, 2.75) is 51.2 Å². The zero-order valence-electron chi connectivity index (χ0n) is 13.4. The fourth-order valence-corrected chi connectivity index (χ4v) is 3.80. The van der Waals surface area contributed by atoms with Crippen molar-refractivity contribution < 1.29 is 26.7 Å². The van der Waals surface area contributed by atoms with Crippen LogP contribution in [0.15, 0.2) is 0 Å². The van der Waals surface area contributed by atoms with Crippen molar-refractivity contribution in [1.82, 2.24) is 9.62 Å². The summed E-state index contributed by atoms with van der Waals surface area (Å²) in [5, 5.41) is 0. The second-order valence-electron chi connectivity index (χ2n) is 6.60. The molecule has 0 saturated carbocycles. The van der Waals surface area contributed by atoms with Crippen molar-refractivity contribution in [2.24, 2.45) is 0 Å². The zero-order valence-corrected chi connectivity index (χ0v) is 15.0. The molecule has 1 saturated heterocycles. The van der Waals surface area contributed by atoms with E-state index in [4.69, 9.17) is 16.3 Å². The molecule has 1 fully saturated rings. The number of ether oxygens (including phenoxy) is 1. The summed E-state index contributed by atoms with van der Waals surface area (Å²) in [6.45, 7) is 3.92. The summed E-state index contributed by atoms with van der Waals surface area (Å²) in [5.41, 5.74) is -0.820. The Balaban J connectivity index is 2.77. The maximum Gasteiger partial charge on any atom is 0.410 e. The van der Waals surface area contributed by atoms with Crippen LogP contribution in [0.5, 0.6) is 0 Å². The van der Waals surface area contributed by atoms with Crippen molar-refractivity contribution in [3.63, 3.8) is 0 Å². The van der Waals surface area contributed by atoms with Crippen LogP contribution in [-0.2, 0) is 14.8 Å². The Kier molecular flexibility index (Phi) is 6.63. The van der Waals surface area contributed by atoms with E-state index in [1.807, 2.05) is 0 Å². The summed E-state index contributed by atoms with van der Waals surface area (Å²) in [7, 11) is -3.72. The summed E-state index contributed by atoms with van der Waals surface area (Å²) in [5.74, 6) is -3.27. The largest absolute Gasteiger partial charge is 0.444 e. The number of hydrogen-bond donors (Lipinski definition) is 1. The van der Waals surface area contributed by atoms with Crippen LogP contribution < -0.4 is 4.72 Å². The maximum absolute atomic E-state index is 13.8. The van der Waals surface area contributed by atoms with E-state index in [2.05, 4.69) is 4.72 Å². The third-order valence-corrected chi connectivity index (χ3v) is 4.74. The van der Waals surface area contributed by atoms with E-state index < -0.39 is 46.6 Å². The molecule has 1 rings (SSSR count). The standard InChI is InChI=1S/C13H23ClF2N2O4S/c1-12(2,3)22-11(19)18-8-10(7-13(15,16)9-18)17-23(20,21)6-4-5-14/h10,17H,4-9H2,1-3H3/t10-/m1/s1. The number of nitrogens with zero attached hydrogens (tertiary/aromatic N) is 1. The van der Waals surface area contributed by atoms with Crippen LogP contribution in [0.1, 0.15) is 33.6 Å². The number of halogens is 3. The quantitative estimate of drug-likeness (QED) is 0.746. The Bertz CT molecular complexity index is 523. The molecule has 0 aromatic heterocycles. The third kappa shape index (κ3) is 7.63. The first-order valence-electron chi connectivity index (χ1n) is 7.25. The van der Waals surface area contributed by atoms with Crippen molar-refractivity contribution in [1.29, 1.82) is 0 Å². The molecule has 0 bridgehead atoms. The van der Waals surface area contributed by atoms with E-state index in [9.17, 15) is 22.0 Å². The molecule has 136 valence electrons. The minimum atomic E-state index is -3.72. The van der Waals surface area contributed by atoms with Crippen molar-refractivity contribution in [3.8, 4) is 0 Å². The Hall–Kier alpha value is -0.670. The van der Waals surface area contributed by atoms with E-state index in [0.717, 1.165) is 4.90 Å². The lowest BCUT2D eigenvalue weighted by atomic mass is 10.0. The van der Waals surface area contributed by atoms with Gasteiger partial charge in [-0.05, 0) is 27.2 Å². The number of amides is 1. The Morgan fingerprint density at radius 1 is 1.43 bits per heavy atom. The van der Waals surface area contributed by atoms with Gasteiger partial charge in [0.05, 0.1) is 12.3 Å². The fraction of sp³-hybridized carbons (Fsp3) is 0.923. The predicted molar refractivity (Wildman–Crippen MR) is 83.4 cm³/mol. The fourth-order valence-electron chi connectivity index (χ4n) is 2.20. The van der Waals surface area contributed by atoms with E-state index in [1.165, 1.54) is 0 Å². The van der Waals surface area contributed by atoms with Crippen molar-refractivity contribution in [3.05, 3.63) is 0 Å². The number of alkyl halides is 3. The molecule has 6 nitrogen and oxygen atoms in total. The van der Waals surface area contributed by atoms with Crippen LogP contribution in [0, 0.1) is 0 Å². The highest BCUT2D eigenvalue weighted by Gasteiger charge is 2.44. The number of carbonyl (C=O) groups excluding carboxylic acids is 1. The van der Waals surface area contributed by atoms with Gasteiger partial charge in [-0.15, -0.1) is 11.6 Å². The Morgan fingerprint density at radius 3 is 2.57 bits per heavy atom. The average molecular weight is 377 g/mol. The van der Waals surface area contributed by atoms with Crippen molar-refractivity contribution >= 4 is 27.7 Å². The van der Waals surface area contributed by atoms with Crippen molar-refractivity contribution in [2.75, 3.05) is 24.7 Å². The first kappa shape index (κ1) is 20.4. The summed E-state index contributed by atoms with van der Waals surface area (Å²) in [6.07, 6.45) is -1.33. The van der Waals surface area contributed by atoms with Gasteiger partial charge in [-0.1, -0.05) is 0 Å². The Morgan fingerprint density at radius 2 is 2.04 bits per heavy atom. The van der Waals surface area contributed by atoms with Crippen LogP contribution in [0.4, 0.5) is 13.6 Å². The minimum Gasteiger partial charge on any atom is -0.444 e. The van der Waals surface area contributed by atoms with E-state index in [1.54, 1.807) is 20.8 Å². The highest BCUT2D eigenvalue weighted by atomic mass is 35.5. The van der Waals surface area contributed by atoms with Gasteiger partial charge < -0.3 is 9.64 Å². The lowest BCUT2D eigenvalue weighted by Crippen LogP contribution is -2.57. The minimum absolute atomic E-state index is 0.159. The first-order chi connectivity index (χ1) is 10.3. The third-order valence-electron chi connectivity index (χ3n) is 2.95. The number of rotatable bonds is 5. The Labute approximate surface area is 140 Å². The molecule has 10 heteroatoms. The van der Waals surface area contributed by atoms with Crippen LogP contribution in [-0.4, -0.2) is 61.7 Å². The molecule has 1 atom stereocenters. The molecule has 0 unspecified atom stereocenters. The highest BCUT2D eigenvalue weighted by Crippen LogP contribution is 2.28. The van der Waals surface area contributed by atoms with E-state index >= 15 is 0 Å². The second-order valence-corrected chi connectivity index (χ2v) is 8.85. The van der Waals surface area contributed by atoms with Crippen LogP contribution in [0.3, 0.4) is 0 Å². The smallest absolute Gasteiger partial charge is 0.410 e. The number of sulfonamides is 1. The summed E-state index contributed by atoms with van der Waals surface area (Å²) in [4.78, 5) is 12.8. The molecule has 0 aliphatic carbocycles. The summed E-state index contributed by atoms with van der Waals surface area (Å²) < 4.78 is 58.6. The monoisotopic (exact) mass is 376 g/mol. The lowest BCUT2D eigenvalue weighted by Gasteiger charge is -2.38. The molecule has 0 radical (unpaired) electrons. The van der Waals surface area contributed by atoms with E-state index in [0.29, 0.717) is 0 Å². The molecule has 1 aliphatic heterocycles. The van der Waals surface area contributed by atoms with Gasteiger partial charge in [0.25, 0.3) is 5.92 Å². The normalized spacial score (nSPS) is 22.0. The molecule has 1 amide bonds. The molecular weight excluding hydrogens is 354 g/mol. The molecule has 23 heavy (non-hydrogen) atoms. The molecule has 1 heterocycles. The summed E-state index contributed by atoms with van der Waals surface area (Å²) in [6, 6.07) is -1.06. The maximum atomic E-state index is 13.8. The topological polar surface area (TPSA) is 75.7 Å². The number of nitrogens with one attached hydrogen (secondary N) is 1. The van der Waals surface area contributed by atoms with Gasteiger partial charge in [-0.2, -0.15) is 0 Å². The molecule has 1 aliphatic rings. The number of carbonyl (C=O) groups is 1. The number of likely N-dealkylation sites (tertiary alicyclic amines) is 1. The van der Waals surface area contributed by atoms with Gasteiger partial charge in [0, 0.05) is 24.9 Å². The van der Waals surface area contributed by atoms with Gasteiger partial charge in [0.15, 0.2) is 0 Å². The molecule has 1 N–H and O–H groups in total. The van der Waals surface area contributed by atoms with Gasteiger partial charge in [-0.3, -0.25) is 0 Å². The van der Waals surface area contributed by atoms with E-state index in [-0.39, 0.29) is 24.6 Å². The van der Waals surface area contributed by atoms with Gasteiger partial charge in [0.1, 0.15) is 5.60 Å². The molecule has 0 aromatic carbocycles. The number of piperidine rings is 1. The zero-order chi connectivity index (χ0) is 17.9. The van der Waals surface area contributed by atoms with Crippen LogP contribution in [0.25, 0.3) is 0 Å². The predicted octanol–water partition coefficient (Wildman–Crippen LogP) is 2.18. The van der Waals surface area contributed by atoms with Crippen LogP contribution >= 0.6 is 11.6 Å². The molecule has 0 aromatic rings. The summed E-state index contributed by atoms with van der Waals surface area (Å²) >= 11 is 5.44. The second kappa shape index (κ2) is 7.48. The number of hydrogen-bond acceptors (Lipinski definition) is 4. The van der Waals surface area contributed by atoms with Gasteiger partial charge in [0.2, 0.25) is 10.0 Å². The highest BCUT2D eigenvalue weighted by molar-refractivity contribution is 7.89. The van der Waals surface area contributed by atoms with Gasteiger partial charge in [-0.25, -0.2) is 26.7 Å². The SMILES string of the molecule is CC(C)(C)OC(=O)N1C[C@H](NS(=O)(=O)CCCCl)CC(F)(F)C1. The molecular formula is C13H23ClF2N2O4S. The lowest BCUT2D eigenvalue weighted by molar-refractivity contribution is -0.0761. The van der Waals surface area contributed by atoms with Gasteiger partial charge >= 0.3 is 6.09 Å².